The van der Waals surface area contributed by atoms with Gasteiger partial charge in [0.1, 0.15) is 6.33 Å². The molecule has 0 amide bonds. The van der Waals surface area contributed by atoms with Crippen molar-refractivity contribution in [2.75, 3.05) is 6.54 Å². The lowest BCUT2D eigenvalue weighted by Gasteiger charge is -2.35. The average Bonchev–Trinajstić information content (AvgIpc) is 3.29. The minimum Gasteiger partial charge on any atom is -0.296 e. The van der Waals surface area contributed by atoms with Crippen LogP contribution < -0.4 is 5.56 Å². The maximum atomic E-state index is 12.3. The van der Waals surface area contributed by atoms with E-state index in [1.165, 1.54) is 51.5 Å². The molecule has 24 heavy (non-hydrogen) atoms. The number of aromatic nitrogens is 4. The third-order valence-electron chi connectivity index (χ3n) is 5.47. The van der Waals surface area contributed by atoms with Crippen molar-refractivity contribution in [1.29, 1.82) is 0 Å². The quantitative estimate of drug-likeness (QED) is 0.864. The molecular weight excluding hydrogens is 302 g/mol. The summed E-state index contributed by atoms with van der Waals surface area (Å²) in [4.78, 5) is 19.0. The van der Waals surface area contributed by atoms with Gasteiger partial charge in [-0.3, -0.25) is 14.3 Å². The van der Waals surface area contributed by atoms with Crippen molar-refractivity contribution in [2.24, 2.45) is 0 Å². The van der Waals surface area contributed by atoms with Gasteiger partial charge in [0.2, 0.25) is 0 Å². The van der Waals surface area contributed by atoms with Gasteiger partial charge in [0.05, 0.1) is 6.54 Å². The number of rotatable bonds is 4. The van der Waals surface area contributed by atoms with Crippen LogP contribution in [0, 0.1) is 0 Å². The first-order chi connectivity index (χ1) is 11.8. The highest BCUT2D eigenvalue weighted by atomic mass is 16.1. The molecule has 0 bridgehead atoms. The summed E-state index contributed by atoms with van der Waals surface area (Å²) in [5.74, 6) is 0.745. The molecule has 0 N–H and O–H groups in total. The first kappa shape index (κ1) is 15.6. The Labute approximate surface area is 142 Å². The van der Waals surface area contributed by atoms with Crippen LogP contribution in [0.1, 0.15) is 44.9 Å². The van der Waals surface area contributed by atoms with E-state index in [9.17, 15) is 4.79 Å². The molecule has 4 rings (SSSR count). The zero-order valence-electron chi connectivity index (χ0n) is 14.0. The molecule has 2 fully saturated rings. The highest BCUT2D eigenvalue weighted by molar-refractivity contribution is 5.19. The monoisotopic (exact) mass is 327 g/mol. The van der Waals surface area contributed by atoms with Crippen molar-refractivity contribution < 1.29 is 0 Å². The van der Waals surface area contributed by atoms with Gasteiger partial charge in [-0.1, -0.05) is 19.3 Å². The van der Waals surface area contributed by atoms with Gasteiger partial charge in [0, 0.05) is 30.5 Å². The van der Waals surface area contributed by atoms with Crippen LogP contribution in [0.2, 0.25) is 0 Å². The van der Waals surface area contributed by atoms with Crippen LogP contribution >= 0.6 is 0 Å². The number of likely N-dealkylation sites (tertiary alicyclic amines) is 1. The van der Waals surface area contributed by atoms with E-state index < -0.39 is 0 Å². The van der Waals surface area contributed by atoms with Crippen molar-refractivity contribution in [3.63, 3.8) is 0 Å². The van der Waals surface area contributed by atoms with Gasteiger partial charge < -0.3 is 0 Å². The van der Waals surface area contributed by atoms with E-state index in [2.05, 4.69) is 15.0 Å². The Morgan fingerprint density at radius 1 is 1.08 bits per heavy atom. The number of imidazole rings is 1. The molecule has 3 heterocycles. The molecular formula is C18H25N5O. The van der Waals surface area contributed by atoms with E-state index in [1.54, 1.807) is 29.3 Å². The summed E-state index contributed by atoms with van der Waals surface area (Å²) in [6.45, 7) is 1.86. The predicted molar refractivity (Wildman–Crippen MR) is 92.2 cm³/mol. The summed E-state index contributed by atoms with van der Waals surface area (Å²) in [5.41, 5.74) is -0.0191. The fraction of sp³-hybridized carbons (Fsp3) is 0.611. The Morgan fingerprint density at radius 3 is 2.75 bits per heavy atom. The Morgan fingerprint density at radius 2 is 1.96 bits per heavy atom. The summed E-state index contributed by atoms with van der Waals surface area (Å²) >= 11 is 0. The standard InChI is InChI=1S/C18H25N5O/c24-18-9-8-17(21-12-10-19-14-21)20-23(18)13-16-7-4-11-22(16)15-5-2-1-3-6-15/h8-10,12,14-16H,1-7,11,13H2. The third kappa shape index (κ3) is 3.15. The predicted octanol–water partition coefficient (Wildman–Crippen LogP) is 2.23. The Balaban J connectivity index is 1.53. The van der Waals surface area contributed by atoms with Gasteiger partial charge in [-0.15, -0.1) is 0 Å². The van der Waals surface area contributed by atoms with Crippen LogP contribution in [-0.2, 0) is 6.54 Å². The first-order valence-electron chi connectivity index (χ1n) is 9.13. The largest absolute Gasteiger partial charge is 0.296 e. The molecule has 128 valence electrons. The molecule has 1 aliphatic carbocycles. The topological polar surface area (TPSA) is 56.0 Å². The van der Waals surface area contributed by atoms with Gasteiger partial charge in [0.25, 0.3) is 5.56 Å². The van der Waals surface area contributed by atoms with E-state index in [4.69, 9.17) is 0 Å². The summed E-state index contributed by atoms with van der Waals surface area (Å²) in [6.07, 6.45) is 14.4. The highest BCUT2D eigenvalue weighted by Gasteiger charge is 2.31. The first-order valence-corrected chi connectivity index (χ1v) is 9.13. The molecule has 1 aliphatic heterocycles. The van der Waals surface area contributed by atoms with E-state index in [-0.39, 0.29) is 5.56 Å². The molecule has 0 radical (unpaired) electrons. The Bertz CT molecular complexity index is 717. The Hall–Kier alpha value is -1.95. The molecule has 6 heteroatoms. The second-order valence-corrected chi connectivity index (χ2v) is 7.01. The van der Waals surface area contributed by atoms with Crippen LogP contribution in [0.15, 0.2) is 35.6 Å². The lowest BCUT2D eigenvalue weighted by atomic mass is 9.94. The van der Waals surface area contributed by atoms with Gasteiger partial charge in [0.15, 0.2) is 5.82 Å². The van der Waals surface area contributed by atoms with Crippen LogP contribution in [0.5, 0.6) is 0 Å². The van der Waals surface area contributed by atoms with Crippen LogP contribution in [0.4, 0.5) is 0 Å². The number of nitrogens with zero attached hydrogens (tertiary/aromatic N) is 5. The minimum atomic E-state index is -0.0191. The van der Waals surface area contributed by atoms with Gasteiger partial charge in [-0.2, -0.15) is 5.10 Å². The molecule has 2 aromatic heterocycles. The lowest BCUT2D eigenvalue weighted by Crippen LogP contribution is -2.43. The molecule has 0 spiro atoms. The molecule has 2 aliphatic rings. The van der Waals surface area contributed by atoms with E-state index in [0.29, 0.717) is 18.6 Å². The van der Waals surface area contributed by atoms with Gasteiger partial charge in [-0.05, 0) is 38.3 Å². The summed E-state index contributed by atoms with van der Waals surface area (Å²) in [6, 6.07) is 4.52. The summed E-state index contributed by atoms with van der Waals surface area (Å²) in [7, 11) is 0. The van der Waals surface area contributed by atoms with Crippen molar-refractivity contribution in [3.8, 4) is 5.82 Å². The number of hydrogen-bond acceptors (Lipinski definition) is 4. The maximum absolute atomic E-state index is 12.3. The average molecular weight is 327 g/mol. The molecule has 1 unspecified atom stereocenters. The zero-order valence-corrected chi connectivity index (χ0v) is 14.0. The second kappa shape index (κ2) is 6.89. The maximum Gasteiger partial charge on any atom is 0.266 e. The zero-order chi connectivity index (χ0) is 16.4. The lowest BCUT2D eigenvalue weighted by molar-refractivity contribution is 0.128. The minimum absolute atomic E-state index is 0.0191. The van der Waals surface area contributed by atoms with Gasteiger partial charge >= 0.3 is 0 Å². The van der Waals surface area contributed by atoms with Crippen molar-refractivity contribution in [3.05, 3.63) is 41.2 Å². The van der Waals surface area contributed by atoms with E-state index in [0.717, 1.165) is 5.82 Å². The van der Waals surface area contributed by atoms with Crippen molar-refractivity contribution >= 4 is 0 Å². The SMILES string of the molecule is O=c1ccc(-n2ccnc2)nn1CC1CCCN1C1CCCCC1. The normalized spacial score (nSPS) is 22.9. The summed E-state index contributed by atoms with van der Waals surface area (Å²) in [5, 5.41) is 4.56. The summed E-state index contributed by atoms with van der Waals surface area (Å²) < 4.78 is 3.48. The fourth-order valence-corrected chi connectivity index (χ4v) is 4.25. The smallest absolute Gasteiger partial charge is 0.266 e. The van der Waals surface area contributed by atoms with Crippen molar-refractivity contribution in [1.82, 2.24) is 24.2 Å². The van der Waals surface area contributed by atoms with E-state index in [1.807, 2.05) is 10.8 Å². The number of hydrogen-bond donors (Lipinski definition) is 0. The third-order valence-corrected chi connectivity index (χ3v) is 5.47. The van der Waals surface area contributed by atoms with Crippen LogP contribution in [0.3, 0.4) is 0 Å². The molecule has 2 aromatic rings. The van der Waals surface area contributed by atoms with Crippen molar-refractivity contribution in [2.45, 2.75) is 63.6 Å². The molecule has 0 aromatic carbocycles. The fourth-order valence-electron chi connectivity index (χ4n) is 4.25. The molecule has 6 nitrogen and oxygen atoms in total. The van der Waals surface area contributed by atoms with E-state index >= 15 is 0 Å². The highest BCUT2D eigenvalue weighted by Crippen LogP contribution is 2.29. The molecule has 1 saturated carbocycles. The van der Waals surface area contributed by atoms with Gasteiger partial charge in [-0.25, -0.2) is 9.67 Å². The molecule has 1 saturated heterocycles. The second-order valence-electron chi connectivity index (χ2n) is 7.01. The Kier molecular flexibility index (Phi) is 4.47. The molecule has 1 atom stereocenters. The van der Waals surface area contributed by atoms with Crippen LogP contribution in [-0.4, -0.2) is 42.9 Å². The van der Waals surface area contributed by atoms with Crippen LogP contribution in [0.25, 0.3) is 5.82 Å².